The Labute approximate surface area is 295 Å². The Bertz CT molecular complexity index is 1690. The zero-order valence-electron chi connectivity index (χ0n) is 26.6. The van der Waals surface area contributed by atoms with Crippen LogP contribution in [0.1, 0.15) is 37.1 Å². The lowest BCUT2D eigenvalue weighted by Gasteiger charge is -2.16. The van der Waals surface area contributed by atoms with Crippen LogP contribution in [-0.4, -0.2) is 71.1 Å². The normalized spacial score (nSPS) is 17.3. The molecule has 48 heavy (non-hydrogen) atoms. The molecule has 2 aromatic carbocycles. The SMILES string of the molecule is COc1nc(-c2cccc(-c3cccc(-c4cnc(CNC[C@@H]5CCC(=O)N5)c(OC)n4)c3Br)c2Br)cnc1CNCC1CCC(=O)N1. The highest BCUT2D eigenvalue weighted by Gasteiger charge is 2.22. The van der Waals surface area contributed by atoms with Crippen molar-refractivity contribution in [1.29, 1.82) is 0 Å². The van der Waals surface area contributed by atoms with Crippen molar-refractivity contribution in [1.82, 2.24) is 41.2 Å². The summed E-state index contributed by atoms with van der Waals surface area (Å²) >= 11 is 7.70. The molecule has 0 bridgehead atoms. The van der Waals surface area contributed by atoms with Gasteiger partial charge >= 0.3 is 0 Å². The van der Waals surface area contributed by atoms with E-state index in [0.29, 0.717) is 73.6 Å². The third-order valence-electron chi connectivity index (χ3n) is 8.39. The number of amides is 2. The Balaban J connectivity index is 1.20. The van der Waals surface area contributed by atoms with Crippen LogP contribution in [0.2, 0.25) is 0 Å². The van der Waals surface area contributed by atoms with Gasteiger partial charge in [0.25, 0.3) is 0 Å². The van der Waals surface area contributed by atoms with E-state index < -0.39 is 0 Å². The summed E-state index contributed by atoms with van der Waals surface area (Å²) in [7, 11) is 3.17. The number of methoxy groups -OCH3 is 2. The molecule has 6 rings (SSSR count). The third-order valence-corrected chi connectivity index (χ3v) is 10.1. The first kappa shape index (κ1) is 33.9. The molecule has 2 saturated heterocycles. The number of nitrogens with zero attached hydrogens (tertiary/aromatic N) is 4. The highest BCUT2D eigenvalue weighted by molar-refractivity contribution is 9.11. The van der Waals surface area contributed by atoms with E-state index in [4.69, 9.17) is 19.4 Å². The van der Waals surface area contributed by atoms with Crippen molar-refractivity contribution in [3.8, 4) is 45.4 Å². The van der Waals surface area contributed by atoms with Gasteiger partial charge in [0.1, 0.15) is 11.4 Å². The van der Waals surface area contributed by atoms with Crippen molar-refractivity contribution < 1.29 is 19.1 Å². The number of rotatable bonds is 13. The largest absolute Gasteiger partial charge is 0.480 e. The molecule has 0 aliphatic carbocycles. The number of halogens is 2. The number of benzene rings is 2. The van der Waals surface area contributed by atoms with Gasteiger partial charge in [-0.05, 0) is 55.8 Å². The number of nitrogens with one attached hydrogen (secondary N) is 4. The fraction of sp³-hybridized carbons (Fsp3) is 0.353. The highest BCUT2D eigenvalue weighted by Crippen LogP contribution is 2.42. The summed E-state index contributed by atoms with van der Waals surface area (Å²) in [5.74, 6) is 1.06. The van der Waals surface area contributed by atoms with Gasteiger partial charge in [-0.15, -0.1) is 0 Å². The number of carbonyl (C=O) groups is 2. The number of aromatic nitrogens is 4. The fourth-order valence-electron chi connectivity index (χ4n) is 5.89. The van der Waals surface area contributed by atoms with Crippen molar-refractivity contribution in [3.63, 3.8) is 0 Å². The van der Waals surface area contributed by atoms with Gasteiger partial charge in [-0.2, -0.15) is 0 Å². The van der Waals surface area contributed by atoms with Gasteiger partial charge in [0.15, 0.2) is 0 Å². The lowest BCUT2D eigenvalue weighted by molar-refractivity contribution is -0.120. The Morgan fingerprint density at radius 2 is 1.12 bits per heavy atom. The van der Waals surface area contributed by atoms with E-state index in [9.17, 15) is 9.59 Å². The van der Waals surface area contributed by atoms with Gasteiger partial charge in [0, 0.05) is 71.2 Å². The van der Waals surface area contributed by atoms with Crippen molar-refractivity contribution >= 4 is 43.7 Å². The molecular formula is C34H36Br2N8O4. The average molecular weight is 781 g/mol. The number of hydrogen-bond acceptors (Lipinski definition) is 10. The summed E-state index contributed by atoms with van der Waals surface area (Å²) in [4.78, 5) is 41.9. The van der Waals surface area contributed by atoms with Gasteiger partial charge in [-0.1, -0.05) is 36.4 Å². The zero-order chi connectivity index (χ0) is 33.6. The van der Waals surface area contributed by atoms with Gasteiger partial charge in [-0.3, -0.25) is 19.6 Å². The predicted octanol–water partition coefficient (Wildman–Crippen LogP) is 4.55. The Morgan fingerprint density at radius 3 is 1.50 bits per heavy atom. The molecule has 0 spiro atoms. The fourth-order valence-corrected chi connectivity index (χ4v) is 7.25. The smallest absolute Gasteiger partial charge is 0.237 e. The molecule has 4 aromatic rings. The molecule has 4 heterocycles. The van der Waals surface area contributed by atoms with Crippen LogP contribution in [0.4, 0.5) is 0 Å². The maximum atomic E-state index is 11.5. The van der Waals surface area contributed by atoms with Crippen LogP contribution >= 0.6 is 31.9 Å². The first-order valence-corrected chi connectivity index (χ1v) is 17.3. The molecule has 2 aliphatic rings. The molecule has 2 aliphatic heterocycles. The maximum Gasteiger partial charge on any atom is 0.237 e. The first-order chi connectivity index (χ1) is 23.3. The van der Waals surface area contributed by atoms with Crippen LogP contribution in [-0.2, 0) is 22.7 Å². The minimum absolute atomic E-state index is 0.0932. The van der Waals surface area contributed by atoms with Crippen molar-refractivity contribution in [3.05, 3.63) is 69.1 Å². The van der Waals surface area contributed by atoms with Crippen molar-refractivity contribution in [2.24, 2.45) is 0 Å². The third kappa shape index (κ3) is 7.67. The molecular weight excluding hydrogens is 744 g/mol. The summed E-state index contributed by atoms with van der Waals surface area (Å²) in [5.41, 5.74) is 6.32. The van der Waals surface area contributed by atoms with E-state index in [1.54, 1.807) is 26.6 Å². The molecule has 2 aromatic heterocycles. The Hall–Kier alpha value is -3.98. The van der Waals surface area contributed by atoms with E-state index in [1.807, 2.05) is 36.4 Å². The molecule has 14 heteroatoms. The molecule has 250 valence electrons. The molecule has 1 unspecified atom stereocenters. The maximum absolute atomic E-state index is 11.5. The van der Waals surface area contributed by atoms with Crippen LogP contribution in [0.25, 0.3) is 33.6 Å². The van der Waals surface area contributed by atoms with Gasteiger partial charge in [0.05, 0.1) is 38.0 Å². The molecule has 0 saturated carbocycles. The van der Waals surface area contributed by atoms with Crippen LogP contribution < -0.4 is 30.7 Å². The Morgan fingerprint density at radius 1 is 0.708 bits per heavy atom. The summed E-state index contributed by atoms with van der Waals surface area (Å²) in [6.07, 6.45) is 6.28. The second kappa shape index (κ2) is 15.5. The van der Waals surface area contributed by atoms with Crippen LogP contribution in [0, 0.1) is 0 Å². The summed E-state index contributed by atoms with van der Waals surface area (Å²) < 4.78 is 12.9. The van der Waals surface area contributed by atoms with Crippen molar-refractivity contribution in [2.75, 3.05) is 27.3 Å². The summed E-state index contributed by atoms with van der Waals surface area (Å²) in [6, 6.07) is 12.3. The van der Waals surface area contributed by atoms with Gasteiger partial charge in [-0.25, -0.2) is 9.97 Å². The van der Waals surface area contributed by atoms with E-state index in [1.165, 1.54) is 0 Å². The molecule has 12 nitrogen and oxygen atoms in total. The van der Waals surface area contributed by atoms with E-state index >= 15 is 0 Å². The molecule has 0 radical (unpaired) electrons. The molecule has 2 fully saturated rings. The number of hydrogen-bond donors (Lipinski definition) is 4. The van der Waals surface area contributed by atoms with E-state index in [0.717, 1.165) is 44.0 Å². The van der Waals surface area contributed by atoms with E-state index in [-0.39, 0.29) is 23.9 Å². The lowest BCUT2D eigenvalue weighted by atomic mass is 9.99. The monoisotopic (exact) mass is 778 g/mol. The molecule has 2 atom stereocenters. The number of ether oxygens (including phenoxy) is 2. The second-order valence-corrected chi connectivity index (χ2v) is 13.2. The predicted molar refractivity (Wildman–Crippen MR) is 188 cm³/mol. The number of carbonyl (C=O) groups excluding carboxylic acids is 2. The standard InChI is InChI=1S/C34H36Br2N8O4/c1-47-33-27(15-37-13-19-9-11-29(45)41-19)39-17-25(43-33)23-7-3-5-21(31(23)35)22-6-4-8-24(32(22)36)26-18-40-28(34(44-26)48-2)16-38-14-20-10-12-30(46)42-20/h3-8,17-20,37-38H,9-16H2,1-2H3,(H,41,45)(H,42,46)/t19-,20?/m0/s1. The minimum Gasteiger partial charge on any atom is -0.480 e. The summed E-state index contributed by atoms with van der Waals surface area (Å²) in [6.45, 7) is 2.24. The quantitative estimate of drug-likeness (QED) is 0.152. The van der Waals surface area contributed by atoms with Crippen LogP contribution in [0.5, 0.6) is 11.8 Å². The molecule has 4 N–H and O–H groups in total. The second-order valence-electron chi connectivity index (χ2n) is 11.6. The van der Waals surface area contributed by atoms with Crippen LogP contribution in [0.3, 0.4) is 0 Å². The lowest BCUT2D eigenvalue weighted by Crippen LogP contribution is -2.35. The topological polar surface area (TPSA) is 152 Å². The highest BCUT2D eigenvalue weighted by atomic mass is 79.9. The summed E-state index contributed by atoms with van der Waals surface area (Å²) in [5, 5.41) is 12.6. The van der Waals surface area contributed by atoms with Gasteiger partial charge < -0.3 is 30.7 Å². The minimum atomic E-state index is 0.0932. The average Bonchev–Trinajstić information content (AvgIpc) is 3.72. The Kier molecular flexibility index (Phi) is 10.9. The van der Waals surface area contributed by atoms with Crippen LogP contribution in [0.15, 0.2) is 57.7 Å². The van der Waals surface area contributed by atoms with Gasteiger partial charge in [0.2, 0.25) is 23.6 Å². The first-order valence-electron chi connectivity index (χ1n) is 15.7. The van der Waals surface area contributed by atoms with Crippen molar-refractivity contribution in [2.45, 2.75) is 50.9 Å². The zero-order valence-corrected chi connectivity index (χ0v) is 29.8. The molecule has 2 amide bonds. The van der Waals surface area contributed by atoms with E-state index in [2.05, 4.69) is 63.1 Å².